The first-order chi connectivity index (χ1) is 8.56. The minimum absolute atomic E-state index is 0.447. The van der Waals surface area contributed by atoms with E-state index in [1.165, 1.54) is 25.9 Å². The Morgan fingerprint density at radius 2 is 1.94 bits per heavy atom. The maximum atomic E-state index is 4.58. The van der Waals surface area contributed by atoms with E-state index in [9.17, 15) is 0 Å². The van der Waals surface area contributed by atoms with Crippen molar-refractivity contribution in [1.82, 2.24) is 14.5 Å². The van der Waals surface area contributed by atoms with Crippen molar-refractivity contribution in [3.8, 4) is 0 Å². The second-order valence-electron chi connectivity index (χ2n) is 5.76. The summed E-state index contributed by atoms with van der Waals surface area (Å²) in [4.78, 5) is 7.11. The molecule has 0 spiro atoms. The fraction of sp³-hybridized carbons (Fsp3) is 0.786. The van der Waals surface area contributed by atoms with Gasteiger partial charge in [0.2, 0.25) is 5.95 Å². The fourth-order valence-electron chi connectivity index (χ4n) is 2.64. The van der Waals surface area contributed by atoms with Gasteiger partial charge < -0.3 is 14.8 Å². The van der Waals surface area contributed by atoms with Crippen LogP contribution >= 0.6 is 0 Å². The minimum Gasteiger partial charge on any atom is -0.352 e. The molecular weight excluding hydrogens is 224 g/mol. The minimum atomic E-state index is 0.447. The molecule has 18 heavy (non-hydrogen) atoms. The van der Waals surface area contributed by atoms with Crippen molar-refractivity contribution in [2.45, 2.75) is 52.6 Å². The van der Waals surface area contributed by atoms with E-state index < -0.39 is 0 Å². The fourth-order valence-corrected chi connectivity index (χ4v) is 2.64. The van der Waals surface area contributed by atoms with Crippen LogP contribution in [0.3, 0.4) is 0 Å². The maximum absolute atomic E-state index is 4.58. The number of nitrogens with one attached hydrogen (secondary N) is 1. The van der Waals surface area contributed by atoms with Gasteiger partial charge >= 0.3 is 0 Å². The van der Waals surface area contributed by atoms with Crippen LogP contribution < -0.4 is 5.32 Å². The van der Waals surface area contributed by atoms with Gasteiger partial charge in [-0.3, -0.25) is 0 Å². The van der Waals surface area contributed by atoms with Gasteiger partial charge in [-0.05, 0) is 53.6 Å². The molecule has 102 valence electrons. The Morgan fingerprint density at radius 3 is 2.56 bits per heavy atom. The Labute approximate surface area is 110 Å². The van der Waals surface area contributed by atoms with Crippen LogP contribution in [0.25, 0.3) is 0 Å². The average molecular weight is 250 g/mol. The third-order valence-electron chi connectivity index (χ3n) is 3.52. The molecule has 1 N–H and O–H groups in total. The lowest BCUT2D eigenvalue weighted by molar-refractivity contribution is 0.327. The SMILES string of the molecule is Cc1cn(C(C)C)c(NC(C)CN2CCCC2)n1. The molecule has 4 heteroatoms. The summed E-state index contributed by atoms with van der Waals surface area (Å²) in [6, 6.07) is 0.898. The number of hydrogen-bond donors (Lipinski definition) is 1. The Hall–Kier alpha value is -1.03. The Kier molecular flexibility index (Phi) is 4.27. The average Bonchev–Trinajstić information content (AvgIpc) is 2.88. The molecule has 0 aliphatic carbocycles. The number of rotatable bonds is 5. The number of anilines is 1. The second kappa shape index (κ2) is 5.74. The van der Waals surface area contributed by atoms with Crippen LogP contribution in [0.2, 0.25) is 0 Å². The molecule has 1 aliphatic heterocycles. The van der Waals surface area contributed by atoms with E-state index in [2.05, 4.69) is 53.7 Å². The zero-order valence-electron chi connectivity index (χ0n) is 12.1. The Bertz CT molecular complexity index is 377. The first-order valence-electron chi connectivity index (χ1n) is 7.10. The van der Waals surface area contributed by atoms with E-state index in [1.54, 1.807) is 0 Å². The van der Waals surface area contributed by atoms with Crippen LogP contribution in [-0.4, -0.2) is 40.1 Å². The number of likely N-dealkylation sites (tertiary alicyclic amines) is 1. The van der Waals surface area contributed by atoms with Crippen LogP contribution in [0.15, 0.2) is 6.20 Å². The molecule has 0 saturated carbocycles. The van der Waals surface area contributed by atoms with E-state index in [0.29, 0.717) is 12.1 Å². The first-order valence-corrected chi connectivity index (χ1v) is 7.10. The van der Waals surface area contributed by atoms with Gasteiger partial charge in [0, 0.05) is 24.8 Å². The summed E-state index contributed by atoms with van der Waals surface area (Å²) in [6.45, 7) is 12.3. The summed E-state index contributed by atoms with van der Waals surface area (Å²) < 4.78 is 2.22. The molecule has 4 nitrogen and oxygen atoms in total. The van der Waals surface area contributed by atoms with E-state index in [-0.39, 0.29) is 0 Å². The summed E-state index contributed by atoms with van der Waals surface area (Å²) >= 11 is 0. The molecule has 0 aromatic carbocycles. The van der Waals surface area contributed by atoms with Gasteiger partial charge in [-0.15, -0.1) is 0 Å². The van der Waals surface area contributed by atoms with Crippen molar-refractivity contribution in [3.63, 3.8) is 0 Å². The highest BCUT2D eigenvalue weighted by Gasteiger charge is 2.16. The lowest BCUT2D eigenvalue weighted by Gasteiger charge is -2.22. The predicted molar refractivity (Wildman–Crippen MR) is 76.1 cm³/mol. The molecule has 1 aliphatic rings. The standard InChI is InChI=1S/C14H26N4/c1-11(2)18-10-13(4)16-14(18)15-12(3)9-17-7-5-6-8-17/h10-12H,5-9H2,1-4H3,(H,15,16). The molecule has 1 aromatic heterocycles. The topological polar surface area (TPSA) is 33.1 Å². The van der Waals surface area contributed by atoms with Crippen LogP contribution in [0.5, 0.6) is 0 Å². The predicted octanol–water partition coefficient (Wildman–Crippen LogP) is 2.67. The van der Waals surface area contributed by atoms with E-state index in [4.69, 9.17) is 0 Å². The summed E-state index contributed by atoms with van der Waals surface area (Å²) in [5.74, 6) is 1.01. The maximum Gasteiger partial charge on any atom is 0.203 e. The molecule has 0 amide bonds. The van der Waals surface area contributed by atoms with Gasteiger partial charge in [-0.25, -0.2) is 4.98 Å². The molecule has 1 saturated heterocycles. The van der Waals surface area contributed by atoms with E-state index in [0.717, 1.165) is 18.2 Å². The van der Waals surface area contributed by atoms with Crippen molar-refractivity contribution in [2.24, 2.45) is 0 Å². The largest absolute Gasteiger partial charge is 0.352 e. The highest BCUT2D eigenvalue weighted by Crippen LogP contribution is 2.17. The van der Waals surface area contributed by atoms with Gasteiger partial charge in [0.05, 0.1) is 5.69 Å². The van der Waals surface area contributed by atoms with Crippen LogP contribution in [-0.2, 0) is 0 Å². The highest BCUT2D eigenvalue weighted by atomic mass is 15.2. The third kappa shape index (κ3) is 3.25. The summed E-state index contributed by atoms with van der Waals surface area (Å²) in [5.41, 5.74) is 1.08. The van der Waals surface area contributed by atoms with Gasteiger partial charge in [0.15, 0.2) is 0 Å². The number of imidazole rings is 1. The molecule has 0 radical (unpaired) electrons. The summed E-state index contributed by atoms with van der Waals surface area (Å²) in [5, 5.41) is 3.55. The number of hydrogen-bond acceptors (Lipinski definition) is 3. The Morgan fingerprint density at radius 1 is 1.28 bits per heavy atom. The molecule has 1 atom stereocenters. The zero-order valence-corrected chi connectivity index (χ0v) is 12.1. The van der Waals surface area contributed by atoms with Crippen molar-refractivity contribution < 1.29 is 0 Å². The Balaban J connectivity index is 1.95. The van der Waals surface area contributed by atoms with Crippen molar-refractivity contribution in [3.05, 3.63) is 11.9 Å². The first kappa shape index (κ1) is 13.4. The molecule has 1 unspecified atom stereocenters. The lowest BCUT2D eigenvalue weighted by Crippen LogP contribution is -2.33. The van der Waals surface area contributed by atoms with Crippen molar-refractivity contribution >= 4 is 5.95 Å². The van der Waals surface area contributed by atoms with E-state index >= 15 is 0 Å². The van der Waals surface area contributed by atoms with Crippen LogP contribution in [0.1, 0.15) is 45.3 Å². The van der Waals surface area contributed by atoms with Crippen molar-refractivity contribution in [1.29, 1.82) is 0 Å². The molecule has 0 bridgehead atoms. The highest BCUT2D eigenvalue weighted by molar-refractivity contribution is 5.30. The smallest absolute Gasteiger partial charge is 0.203 e. The molecule has 1 fully saturated rings. The van der Waals surface area contributed by atoms with Crippen molar-refractivity contribution in [2.75, 3.05) is 25.0 Å². The van der Waals surface area contributed by atoms with Gasteiger partial charge in [0.1, 0.15) is 0 Å². The zero-order chi connectivity index (χ0) is 13.1. The quantitative estimate of drug-likeness (QED) is 0.872. The molecular formula is C14H26N4. The molecule has 1 aromatic rings. The number of nitrogens with zero attached hydrogens (tertiary/aromatic N) is 3. The lowest BCUT2D eigenvalue weighted by atomic mass is 10.3. The second-order valence-corrected chi connectivity index (χ2v) is 5.76. The van der Waals surface area contributed by atoms with E-state index in [1.807, 2.05) is 0 Å². The third-order valence-corrected chi connectivity index (χ3v) is 3.52. The summed E-state index contributed by atoms with van der Waals surface area (Å²) in [6.07, 6.45) is 4.83. The van der Waals surface area contributed by atoms with Crippen LogP contribution in [0, 0.1) is 6.92 Å². The van der Waals surface area contributed by atoms with Gasteiger partial charge in [-0.2, -0.15) is 0 Å². The number of aryl methyl sites for hydroxylation is 1. The normalized spacial score (nSPS) is 18.5. The van der Waals surface area contributed by atoms with Gasteiger partial charge in [0.25, 0.3) is 0 Å². The molecule has 2 rings (SSSR count). The number of aromatic nitrogens is 2. The van der Waals surface area contributed by atoms with Gasteiger partial charge in [-0.1, -0.05) is 0 Å². The molecule has 2 heterocycles. The van der Waals surface area contributed by atoms with Crippen LogP contribution in [0.4, 0.5) is 5.95 Å². The monoisotopic (exact) mass is 250 g/mol. The summed E-state index contributed by atoms with van der Waals surface area (Å²) in [7, 11) is 0.